The predicted molar refractivity (Wildman–Crippen MR) is 107 cm³/mol. The monoisotopic (exact) mass is 390 g/mol. The van der Waals surface area contributed by atoms with Gasteiger partial charge in [0, 0.05) is 50.2 Å². The van der Waals surface area contributed by atoms with Gasteiger partial charge in [0.25, 0.3) is 0 Å². The van der Waals surface area contributed by atoms with Crippen LogP contribution in [0.2, 0.25) is 0 Å². The summed E-state index contributed by atoms with van der Waals surface area (Å²) in [5.41, 5.74) is 2.07. The van der Waals surface area contributed by atoms with Crippen LogP contribution >= 0.6 is 11.3 Å². The van der Waals surface area contributed by atoms with E-state index in [1.54, 1.807) is 25.6 Å². The summed E-state index contributed by atoms with van der Waals surface area (Å²) in [6, 6.07) is 5.87. The average molecular weight is 391 g/mol. The summed E-state index contributed by atoms with van der Waals surface area (Å²) < 4.78 is 10.7. The number of nitrogens with one attached hydrogen (secondary N) is 1. The highest BCUT2D eigenvalue weighted by molar-refractivity contribution is 7.13. The Bertz CT molecular complexity index is 772. The van der Waals surface area contributed by atoms with Crippen molar-refractivity contribution in [2.45, 2.75) is 13.5 Å². The fourth-order valence-corrected chi connectivity index (χ4v) is 3.89. The van der Waals surface area contributed by atoms with Gasteiger partial charge >= 0.3 is 6.03 Å². The van der Waals surface area contributed by atoms with Crippen LogP contribution in [0.3, 0.4) is 0 Å². The van der Waals surface area contributed by atoms with E-state index in [1.807, 2.05) is 30.0 Å². The van der Waals surface area contributed by atoms with Crippen LogP contribution in [0.25, 0.3) is 10.6 Å². The molecule has 0 unspecified atom stereocenters. The lowest BCUT2D eigenvalue weighted by Gasteiger charge is -2.34. The normalized spacial score (nSPS) is 14.9. The van der Waals surface area contributed by atoms with Crippen molar-refractivity contribution < 1.29 is 14.3 Å². The van der Waals surface area contributed by atoms with Gasteiger partial charge in [0.2, 0.25) is 0 Å². The molecule has 0 atom stereocenters. The van der Waals surface area contributed by atoms with Crippen LogP contribution in [0, 0.1) is 0 Å². The maximum absolute atomic E-state index is 11.9. The lowest BCUT2D eigenvalue weighted by Crippen LogP contribution is -2.51. The summed E-state index contributed by atoms with van der Waals surface area (Å²) >= 11 is 1.63. The van der Waals surface area contributed by atoms with Crippen LogP contribution in [0.15, 0.2) is 23.6 Å². The quantitative estimate of drug-likeness (QED) is 0.821. The molecular weight excluding hydrogens is 364 g/mol. The number of carbonyl (C=O) groups excluding carboxylic acids is 1. The maximum atomic E-state index is 11.9. The number of hydrogen-bond donors (Lipinski definition) is 1. The molecule has 0 spiro atoms. The van der Waals surface area contributed by atoms with Crippen LogP contribution in [0.4, 0.5) is 4.79 Å². The van der Waals surface area contributed by atoms with E-state index >= 15 is 0 Å². The van der Waals surface area contributed by atoms with Gasteiger partial charge < -0.3 is 19.7 Å². The van der Waals surface area contributed by atoms with Gasteiger partial charge in [-0.2, -0.15) is 0 Å². The zero-order valence-electron chi connectivity index (χ0n) is 16.0. The van der Waals surface area contributed by atoms with Crippen molar-refractivity contribution in [2.75, 3.05) is 46.9 Å². The summed E-state index contributed by atoms with van der Waals surface area (Å²) in [5, 5.41) is 5.92. The minimum Gasteiger partial charge on any atom is -0.493 e. The molecule has 1 aromatic heterocycles. The molecule has 27 heavy (non-hydrogen) atoms. The van der Waals surface area contributed by atoms with Gasteiger partial charge in [-0.05, 0) is 25.1 Å². The Morgan fingerprint density at radius 1 is 1.19 bits per heavy atom. The number of rotatable bonds is 6. The number of amides is 2. The van der Waals surface area contributed by atoms with Gasteiger partial charge in [-0.1, -0.05) is 0 Å². The van der Waals surface area contributed by atoms with Crippen molar-refractivity contribution in [1.82, 2.24) is 20.1 Å². The molecule has 1 saturated heterocycles. The number of benzene rings is 1. The summed E-state index contributed by atoms with van der Waals surface area (Å²) in [7, 11) is 3.26. The molecule has 3 rings (SSSR count). The average Bonchev–Trinajstić information content (AvgIpc) is 3.16. The minimum atomic E-state index is 0.0292. The number of thiazole rings is 1. The van der Waals surface area contributed by atoms with Crippen molar-refractivity contribution in [3.05, 3.63) is 29.3 Å². The van der Waals surface area contributed by atoms with E-state index in [9.17, 15) is 4.79 Å². The van der Waals surface area contributed by atoms with Crippen molar-refractivity contribution in [2.24, 2.45) is 0 Å². The number of aromatic nitrogens is 1. The smallest absolute Gasteiger partial charge is 0.317 e. The van der Waals surface area contributed by atoms with E-state index in [0.717, 1.165) is 49.0 Å². The first kappa shape index (κ1) is 19.4. The van der Waals surface area contributed by atoms with Crippen molar-refractivity contribution >= 4 is 17.4 Å². The number of hydrogen-bond acceptors (Lipinski definition) is 6. The third kappa shape index (κ3) is 4.70. The number of ether oxygens (including phenoxy) is 2. The molecule has 0 saturated carbocycles. The number of piperazine rings is 1. The summed E-state index contributed by atoms with van der Waals surface area (Å²) in [6.45, 7) is 6.62. The fourth-order valence-electron chi connectivity index (χ4n) is 3.08. The lowest BCUT2D eigenvalue weighted by atomic mass is 10.2. The molecule has 0 aliphatic carbocycles. The molecule has 2 amide bonds. The largest absolute Gasteiger partial charge is 0.493 e. The van der Waals surface area contributed by atoms with Gasteiger partial charge in [-0.15, -0.1) is 11.3 Å². The molecular formula is C19H26N4O3S. The van der Waals surface area contributed by atoms with E-state index < -0.39 is 0 Å². The van der Waals surface area contributed by atoms with Crippen LogP contribution in [-0.4, -0.2) is 67.8 Å². The Morgan fingerprint density at radius 3 is 2.59 bits per heavy atom. The molecule has 0 bridgehead atoms. The van der Waals surface area contributed by atoms with Gasteiger partial charge in [0.1, 0.15) is 5.01 Å². The number of methoxy groups -OCH3 is 2. The van der Waals surface area contributed by atoms with Crippen molar-refractivity contribution in [3.63, 3.8) is 0 Å². The van der Waals surface area contributed by atoms with E-state index in [2.05, 4.69) is 15.6 Å². The molecule has 8 heteroatoms. The maximum Gasteiger partial charge on any atom is 0.317 e. The van der Waals surface area contributed by atoms with Crippen molar-refractivity contribution in [3.8, 4) is 22.1 Å². The van der Waals surface area contributed by atoms with E-state index in [0.29, 0.717) is 18.0 Å². The number of carbonyl (C=O) groups is 1. The van der Waals surface area contributed by atoms with Gasteiger partial charge in [0.15, 0.2) is 11.5 Å². The SMILES string of the molecule is CCNC(=O)N1CCN(Cc2csc(-c3ccc(OC)c(OC)c3)n2)CC1. The molecule has 1 aromatic carbocycles. The number of urea groups is 1. The zero-order valence-corrected chi connectivity index (χ0v) is 16.8. The van der Waals surface area contributed by atoms with Gasteiger partial charge in [-0.25, -0.2) is 9.78 Å². The van der Waals surface area contributed by atoms with E-state index in [-0.39, 0.29) is 6.03 Å². The van der Waals surface area contributed by atoms with E-state index in [1.165, 1.54) is 0 Å². The third-order valence-corrected chi connectivity index (χ3v) is 5.50. The Kier molecular flexibility index (Phi) is 6.52. The second-order valence-electron chi connectivity index (χ2n) is 6.31. The van der Waals surface area contributed by atoms with Crippen LogP contribution < -0.4 is 14.8 Å². The Balaban J connectivity index is 1.60. The standard InChI is InChI=1S/C19H26N4O3S/c1-4-20-19(24)23-9-7-22(8-10-23)12-15-13-27-18(21-15)14-5-6-16(25-2)17(11-14)26-3/h5-6,11,13H,4,7-10,12H2,1-3H3,(H,20,24). The highest BCUT2D eigenvalue weighted by atomic mass is 32.1. The van der Waals surface area contributed by atoms with Gasteiger partial charge in [0.05, 0.1) is 19.9 Å². The first-order valence-corrected chi connectivity index (χ1v) is 9.94. The fraction of sp³-hybridized carbons (Fsp3) is 0.474. The molecule has 0 radical (unpaired) electrons. The molecule has 2 heterocycles. The molecule has 7 nitrogen and oxygen atoms in total. The second kappa shape index (κ2) is 9.05. The lowest BCUT2D eigenvalue weighted by molar-refractivity contribution is 0.135. The first-order valence-electron chi connectivity index (χ1n) is 9.06. The number of nitrogens with zero attached hydrogens (tertiary/aromatic N) is 3. The molecule has 1 N–H and O–H groups in total. The van der Waals surface area contributed by atoms with E-state index in [4.69, 9.17) is 14.5 Å². The minimum absolute atomic E-state index is 0.0292. The zero-order chi connectivity index (χ0) is 19.2. The Hall–Kier alpha value is -2.32. The molecule has 2 aromatic rings. The summed E-state index contributed by atoms with van der Waals surface area (Å²) in [5.74, 6) is 1.41. The molecule has 1 fully saturated rings. The van der Waals surface area contributed by atoms with Crippen LogP contribution in [0.5, 0.6) is 11.5 Å². The molecule has 1 aliphatic heterocycles. The van der Waals surface area contributed by atoms with Crippen LogP contribution in [-0.2, 0) is 6.54 Å². The topological polar surface area (TPSA) is 66.9 Å². The van der Waals surface area contributed by atoms with Crippen LogP contribution in [0.1, 0.15) is 12.6 Å². The second-order valence-corrected chi connectivity index (χ2v) is 7.17. The Morgan fingerprint density at radius 2 is 1.93 bits per heavy atom. The highest BCUT2D eigenvalue weighted by Crippen LogP contribution is 2.33. The molecule has 1 aliphatic rings. The van der Waals surface area contributed by atoms with Crippen molar-refractivity contribution in [1.29, 1.82) is 0 Å². The van der Waals surface area contributed by atoms with Gasteiger partial charge in [-0.3, -0.25) is 4.90 Å². The summed E-state index contributed by atoms with van der Waals surface area (Å²) in [4.78, 5) is 20.9. The predicted octanol–water partition coefficient (Wildman–Crippen LogP) is 2.67. The third-order valence-electron chi connectivity index (χ3n) is 4.56. The Labute approximate surface area is 163 Å². The summed E-state index contributed by atoms with van der Waals surface area (Å²) in [6.07, 6.45) is 0. The first-order chi connectivity index (χ1) is 13.1. The molecule has 146 valence electrons. The highest BCUT2D eigenvalue weighted by Gasteiger charge is 2.21.